The monoisotopic (exact) mass is 622 g/mol. The summed E-state index contributed by atoms with van der Waals surface area (Å²) in [6.45, 7) is 10.8. The topological polar surface area (TPSA) is 68.8 Å². The SMILES string of the molecule is CCN(CC)C(=O)C1=C(C)N=c2s/c(=C/c3cc(C)n(-c4ccc(Cl)c(Cl)c4)c3C)c(=O)n2[C@H]1c1ccccc1OC. The van der Waals surface area contributed by atoms with E-state index in [0.717, 1.165) is 28.2 Å². The lowest BCUT2D eigenvalue weighted by atomic mass is 9.94. The fraction of sp³-hybridized carbons (Fsp3) is 0.281. The summed E-state index contributed by atoms with van der Waals surface area (Å²) in [7, 11) is 1.59. The molecule has 1 aliphatic rings. The predicted octanol–water partition coefficient (Wildman–Crippen LogP) is 5.83. The average molecular weight is 624 g/mol. The molecule has 2 aromatic carbocycles. The number of ether oxygens (including phenoxy) is 1. The van der Waals surface area contributed by atoms with Gasteiger partial charge >= 0.3 is 0 Å². The highest BCUT2D eigenvalue weighted by atomic mass is 35.5. The van der Waals surface area contributed by atoms with Crippen molar-refractivity contribution in [2.75, 3.05) is 20.2 Å². The number of likely N-dealkylation sites (N-methyl/N-ethyl adjacent to an activating group) is 1. The summed E-state index contributed by atoms with van der Waals surface area (Å²) in [6, 6.07) is 14.4. The van der Waals surface area contributed by atoms with Crippen LogP contribution in [-0.4, -0.2) is 40.1 Å². The number of halogens is 2. The van der Waals surface area contributed by atoms with Crippen LogP contribution in [0.5, 0.6) is 5.75 Å². The van der Waals surface area contributed by atoms with E-state index < -0.39 is 6.04 Å². The standard InChI is InChI=1S/C32H32Cl2N4O3S/c1-7-36(8-2)31(40)28-19(4)35-32-38(29(28)23-11-9-10-12-26(23)41-6)30(39)27(42-32)16-21-15-18(3)37(20(21)5)22-13-14-24(33)25(34)17-22/h9-17,29H,7-8H2,1-6H3/b27-16+/t29-/m0/s1. The van der Waals surface area contributed by atoms with Gasteiger partial charge < -0.3 is 14.2 Å². The minimum absolute atomic E-state index is 0.142. The Hall–Kier alpha value is -3.59. The van der Waals surface area contributed by atoms with Crippen molar-refractivity contribution >= 4 is 46.5 Å². The Morgan fingerprint density at radius 2 is 1.79 bits per heavy atom. The van der Waals surface area contributed by atoms with E-state index in [4.69, 9.17) is 32.9 Å². The van der Waals surface area contributed by atoms with Crippen molar-refractivity contribution in [2.45, 2.75) is 40.7 Å². The molecule has 0 N–H and O–H groups in total. The Morgan fingerprint density at radius 1 is 1.07 bits per heavy atom. The highest BCUT2D eigenvalue weighted by Gasteiger charge is 2.35. The van der Waals surface area contributed by atoms with E-state index in [0.29, 0.717) is 49.5 Å². The zero-order chi connectivity index (χ0) is 30.3. The summed E-state index contributed by atoms with van der Waals surface area (Å²) < 4.78 is 9.94. The van der Waals surface area contributed by atoms with Gasteiger partial charge in [0.05, 0.1) is 33.0 Å². The number of hydrogen-bond acceptors (Lipinski definition) is 5. The largest absolute Gasteiger partial charge is 0.496 e. The molecule has 0 spiro atoms. The first kappa shape index (κ1) is 29.9. The summed E-state index contributed by atoms with van der Waals surface area (Å²) in [5.41, 5.74) is 5.29. The van der Waals surface area contributed by atoms with Crippen molar-refractivity contribution in [3.8, 4) is 11.4 Å². The molecule has 5 rings (SSSR count). The van der Waals surface area contributed by atoms with Crippen molar-refractivity contribution in [3.63, 3.8) is 0 Å². The van der Waals surface area contributed by atoms with Crippen molar-refractivity contribution in [1.82, 2.24) is 14.0 Å². The molecule has 1 aliphatic heterocycles. The molecular formula is C32H32Cl2N4O3S. The van der Waals surface area contributed by atoms with E-state index in [1.165, 1.54) is 11.3 Å². The lowest BCUT2D eigenvalue weighted by Crippen LogP contribution is -2.43. The maximum atomic E-state index is 14.2. The van der Waals surface area contributed by atoms with Crippen molar-refractivity contribution in [2.24, 2.45) is 4.99 Å². The molecular weight excluding hydrogens is 591 g/mol. The zero-order valence-corrected chi connectivity index (χ0v) is 26.7. The van der Waals surface area contributed by atoms with Crippen LogP contribution in [0.25, 0.3) is 11.8 Å². The van der Waals surface area contributed by atoms with E-state index in [9.17, 15) is 9.59 Å². The molecule has 10 heteroatoms. The normalized spacial score (nSPS) is 15.0. The third kappa shape index (κ3) is 5.12. The number of carbonyl (C=O) groups excluding carboxylic acids is 1. The highest BCUT2D eigenvalue weighted by Crippen LogP contribution is 2.36. The van der Waals surface area contributed by atoms with Crippen molar-refractivity contribution in [3.05, 3.63) is 112 Å². The van der Waals surface area contributed by atoms with Gasteiger partial charge in [-0.2, -0.15) is 0 Å². The molecule has 1 amide bonds. The van der Waals surface area contributed by atoms with Gasteiger partial charge in [0.15, 0.2) is 4.80 Å². The van der Waals surface area contributed by atoms with Crippen LogP contribution < -0.4 is 19.6 Å². The van der Waals surface area contributed by atoms with Gasteiger partial charge in [-0.25, -0.2) is 4.99 Å². The first-order valence-corrected chi connectivity index (χ1v) is 15.3. The summed E-state index contributed by atoms with van der Waals surface area (Å²) >= 11 is 13.8. The molecule has 42 heavy (non-hydrogen) atoms. The van der Waals surface area contributed by atoms with Gasteiger partial charge in [-0.3, -0.25) is 14.2 Å². The van der Waals surface area contributed by atoms with Crippen LogP contribution in [0.2, 0.25) is 10.0 Å². The van der Waals surface area contributed by atoms with Crippen LogP contribution >= 0.6 is 34.5 Å². The molecule has 7 nitrogen and oxygen atoms in total. The third-order valence-electron chi connectivity index (χ3n) is 7.65. The van der Waals surface area contributed by atoms with E-state index >= 15 is 0 Å². The molecule has 3 heterocycles. The Balaban J connectivity index is 1.72. The number of allylic oxidation sites excluding steroid dienone is 1. The van der Waals surface area contributed by atoms with Gasteiger partial charge in [0.25, 0.3) is 11.5 Å². The number of fused-ring (bicyclic) bond motifs is 1. The molecule has 1 atom stereocenters. The number of amides is 1. The van der Waals surface area contributed by atoms with Crippen molar-refractivity contribution < 1.29 is 9.53 Å². The molecule has 0 unspecified atom stereocenters. The Bertz CT molecular complexity index is 1910. The van der Waals surface area contributed by atoms with Gasteiger partial charge in [0, 0.05) is 35.7 Å². The van der Waals surface area contributed by atoms with Gasteiger partial charge in [-0.1, -0.05) is 52.7 Å². The number of rotatable bonds is 7. The van der Waals surface area contributed by atoms with Crippen LogP contribution in [0, 0.1) is 13.8 Å². The Kier molecular flexibility index (Phi) is 8.51. The van der Waals surface area contributed by atoms with Crippen LogP contribution in [-0.2, 0) is 4.79 Å². The number of hydrogen-bond donors (Lipinski definition) is 0. The highest BCUT2D eigenvalue weighted by molar-refractivity contribution is 7.07. The lowest BCUT2D eigenvalue weighted by Gasteiger charge is -2.29. The van der Waals surface area contributed by atoms with E-state index in [1.54, 1.807) is 22.6 Å². The van der Waals surface area contributed by atoms with Crippen LogP contribution in [0.15, 0.2) is 69.6 Å². The summed E-state index contributed by atoms with van der Waals surface area (Å²) in [6.07, 6.45) is 1.89. The first-order chi connectivity index (χ1) is 20.1. The van der Waals surface area contributed by atoms with Crippen LogP contribution in [0.4, 0.5) is 0 Å². The number of benzene rings is 2. The molecule has 0 radical (unpaired) electrons. The van der Waals surface area contributed by atoms with Crippen LogP contribution in [0.3, 0.4) is 0 Å². The van der Waals surface area contributed by atoms with E-state index in [2.05, 4.69) is 4.57 Å². The van der Waals surface area contributed by atoms with Gasteiger partial charge in [-0.05, 0) is 76.6 Å². The number of aromatic nitrogens is 2. The Labute approximate surface area is 258 Å². The quantitative estimate of drug-likeness (QED) is 0.260. The summed E-state index contributed by atoms with van der Waals surface area (Å²) in [4.78, 5) is 35.1. The number of carbonyl (C=O) groups is 1. The summed E-state index contributed by atoms with van der Waals surface area (Å²) in [5, 5.41) is 0.959. The van der Waals surface area contributed by atoms with Gasteiger partial charge in [0.2, 0.25) is 0 Å². The molecule has 0 saturated heterocycles. The molecule has 0 fully saturated rings. The smallest absolute Gasteiger partial charge is 0.271 e. The maximum Gasteiger partial charge on any atom is 0.271 e. The fourth-order valence-electron chi connectivity index (χ4n) is 5.56. The summed E-state index contributed by atoms with van der Waals surface area (Å²) in [5.74, 6) is 0.457. The number of aryl methyl sites for hydroxylation is 1. The van der Waals surface area contributed by atoms with E-state index in [-0.39, 0.29) is 11.5 Å². The second-order valence-corrected chi connectivity index (χ2v) is 11.9. The maximum absolute atomic E-state index is 14.2. The van der Waals surface area contributed by atoms with Crippen molar-refractivity contribution in [1.29, 1.82) is 0 Å². The van der Waals surface area contributed by atoms with Gasteiger partial charge in [-0.15, -0.1) is 0 Å². The van der Waals surface area contributed by atoms with Crippen LogP contribution in [0.1, 0.15) is 49.3 Å². The Morgan fingerprint density at radius 3 is 2.45 bits per heavy atom. The number of thiazole rings is 1. The molecule has 0 aliphatic carbocycles. The zero-order valence-electron chi connectivity index (χ0n) is 24.4. The lowest BCUT2D eigenvalue weighted by molar-refractivity contribution is -0.127. The minimum Gasteiger partial charge on any atom is -0.496 e. The van der Waals surface area contributed by atoms with Gasteiger partial charge in [0.1, 0.15) is 11.8 Å². The molecule has 4 aromatic rings. The number of methoxy groups -OCH3 is 1. The first-order valence-electron chi connectivity index (χ1n) is 13.7. The second kappa shape index (κ2) is 12.0. The predicted molar refractivity (Wildman–Crippen MR) is 170 cm³/mol. The van der Waals surface area contributed by atoms with E-state index in [1.807, 2.05) is 83.2 Å². The number of nitrogens with zero attached hydrogens (tertiary/aromatic N) is 4. The second-order valence-electron chi connectivity index (χ2n) is 10.1. The minimum atomic E-state index is -0.684. The fourth-order valence-corrected chi connectivity index (χ4v) is 6.89. The average Bonchev–Trinajstić information content (AvgIpc) is 3.43. The third-order valence-corrected chi connectivity index (χ3v) is 9.38. The molecule has 218 valence electrons. The number of para-hydroxylation sites is 1. The molecule has 2 aromatic heterocycles. The molecule has 0 bridgehead atoms. The molecule has 0 saturated carbocycles.